The molecule has 30 heavy (non-hydrogen) atoms. The monoisotopic (exact) mass is 418 g/mol. The third kappa shape index (κ3) is 4.31. The van der Waals surface area contributed by atoms with Gasteiger partial charge in [0.2, 0.25) is 11.1 Å². The maximum absolute atomic E-state index is 12.5. The number of benzene rings is 2. The number of ether oxygens (including phenoxy) is 1. The summed E-state index contributed by atoms with van der Waals surface area (Å²) in [4.78, 5) is 17.1. The van der Waals surface area contributed by atoms with E-state index < -0.39 is 6.04 Å². The van der Waals surface area contributed by atoms with Crippen LogP contribution in [0.2, 0.25) is 0 Å². The van der Waals surface area contributed by atoms with E-state index >= 15 is 0 Å². The number of hydrogen-bond acceptors (Lipinski definition) is 6. The minimum Gasteiger partial charge on any atom is -0.466 e. The van der Waals surface area contributed by atoms with Crippen molar-refractivity contribution in [2.24, 2.45) is 0 Å². The third-order valence-electron chi connectivity index (χ3n) is 4.76. The molecule has 0 saturated carbocycles. The Balaban J connectivity index is 1.64. The van der Waals surface area contributed by atoms with Crippen molar-refractivity contribution in [3.05, 3.63) is 89.1 Å². The van der Waals surface area contributed by atoms with Gasteiger partial charge in [-0.15, -0.1) is 5.10 Å². The van der Waals surface area contributed by atoms with E-state index in [0.29, 0.717) is 22.4 Å². The van der Waals surface area contributed by atoms with Crippen LogP contribution >= 0.6 is 11.8 Å². The first-order chi connectivity index (χ1) is 14.7. The summed E-state index contributed by atoms with van der Waals surface area (Å²) in [6, 6.07) is 19.7. The molecule has 2 heterocycles. The summed E-state index contributed by atoms with van der Waals surface area (Å²) < 4.78 is 6.77. The second kappa shape index (κ2) is 9.00. The fraction of sp³-hybridized carbons (Fsp3) is 0.174. The molecule has 4 rings (SSSR count). The van der Waals surface area contributed by atoms with Crippen LogP contribution in [0.15, 0.2) is 83.2 Å². The summed E-state index contributed by atoms with van der Waals surface area (Å²) in [5, 5.41) is 8.52. The van der Waals surface area contributed by atoms with Crippen LogP contribution in [0.1, 0.15) is 24.1 Å². The van der Waals surface area contributed by atoms with Gasteiger partial charge in [0.1, 0.15) is 6.04 Å². The molecule has 0 saturated heterocycles. The molecule has 1 N–H and O–H groups in total. The highest BCUT2D eigenvalue weighted by Crippen LogP contribution is 2.34. The van der Waals surface area contributed by atoms with Gasteiger partial charge in [-0.3, -0.25) is 0 Å². The average molecular weight is 419 g/mol. The van der Waals surface area contributed by atoms with E-state index in [0.717, 1.165) is 11.3 Å². The Kier molecular flexibility index (Phi) is 5.99. The maximum Gasteiger partial charge on any atom is 0.338 e. The predicted molar refractivity (Wildman–Crippen MR) is 119 cm³/mol. The van der Waals surface area contributed by atoms with Crippen molar-refractivity contribution in [2.75, 3.05) is 12.4 Å². The lowest BCUT2D eigenvalue weighted by molar-refractivity contribution is -0.136. The van der Waals surface area contributed by atoms with Crippen molar-refractivity contribution in [1.29, 1.82) is 0 Å². The number of carbonyl (C=O) groups excluding carboxylic acids is 1. The smallest absolute Gasteiger partial charge is 0.338 e. The molecule has 6 nitrogen and oxygen atoms in total. The van der Waals surface area contributed by atoms with E-state index in [2.05, 4.69) is 27.5 Å². The Morgan fingerprint density at radius 2 is 1.87 bits per heavy atom. The first-order valence-electron chi connectivity index (χ1n) is 9.58. The number of thioether (sulfide) groups is 1. The van der Waals surface area contributed by atoms with E-state index in [1.807, 2.05) is 67.6 Å². The molecule has 0 spiro atoms. The van der Waals surface area contributed by atoms with Crippen molar-refractivity contribution in [3.63, 3.8) is 0 Å². The largest absolute Gasteiger partial charge is 0.466 e. The van der Waals surface area contributed by atoms with Gasteiger partial charge in [-0.25, -0.2) is 9.48 Å². The highest BCUT2D eigenvalue weighted by Gasteiger charge is 2.32. The fourth-order valence-corrected chi connectivity index (χ4v) is 4.06. The van der Waals surface area contributed by atoms with Crippen LogP contribution in [0, 0.1) is 0 Å². The number of esters is 1. The number of allylic oxidation sites excluding steroid dienone is 2. The van der Waals surface area contributed by atoms with Crippen LogP contribution in [-0.4, -0.2) is 27.8 Å². The topological polar surface area (TPSA) is 69.0 Å². The van der Waals surface area contributed by atoms with Crippen molar-refractivity contribution in [3.8, 4) is 0 Å². The Labute approximate surface area is 179 Å². The second-order valence-electron chi connectivity index (χ2n) is 6.81. The molecule has 0 amide bonds. The molecular weight excluding hydrogens is 396 g/mol. The lowest BCUT2D eigenvalue weighted by atomic mass is 10.0. The molecule has 0 radical (unpaired) electrons. The highest BCUT2D eigenvalue weighted by atomic mass is 32.2. The molecule has 7 heteroatoms. The number of aromatic nitrogens is 3. The van der Waals surface area contributed by atoms with Gasteiger partial charge in [0.15, 0.2) is 0 Å². The van der Waals surface area contributed by atoms with Crippen molar-refractivity contribution in [2.45, 2.75) is 23.9 Å². The van der Waals surface area contributed by atoms with E-state index in [1.165, 1.54) is 12.7 Å². The van der Waals surface area contributed by atoms with Gasteiger partial charge >= 0.3 is 5.97 Å². The number of methoxy groups -OCH3 is 1. The summed E-state index contributed by atoms with van der Waals surface area (Å²) in [5.41, 5.74) is 3.47. The normalized spacial score (nSPS) is 15.7. The number of fused-ring (bicyclic) bond motifs is 1. The van der Waals surface area contributed by atoms with Crippen LogP contribution in [0.4, 0.5) is 5.95 Å². The number of carbonyl (C=O) groups is 1. The van der Waals surface area contributed by atoms with Gasteiger partial charge in [0, 0.05) is 11.4 Å². The van der Waals surface area contributed by atoms with Gasteiger partial charge in [0.25, 0.3) is 0 Å². The number of anilines is 1. The van der Waals surface area contributed by atoms with E-state index in [1.54, 1.807) is 16.4 Å². The zero-order chi connectivity index (χ0) is 20.9. The standard InChI is InChI=1S/C23H22N4O2S/c1-16-20(21(28)29-2)19(14-13-17-9-5-3-6-10-17)27-22(24-16)25-23(26-27)30-15-18-11-7-4-8-12-18/h3-14,19H,15H2,1-2H3,(H,24,25,26)/b14-13+. The molecule has 1 aromatic heterocycles. The average Bonchev–Trinajstić information content (AvgIpc) is 3.19. The summed E-state index contributed by atoms with van der Waals surface area (Å²) in [7, 11) is 1.39. The first-order valence-corrected chi connectivity index (χ1v) is 10.6. The van der Waals surface area contributed by atoms with Gasteiger partial charge in [-0.1, -0.05) is 84.6 Å². The number of rotatable bonds is 6. The summed E-state index contributed by atoms with van der Waals surface area (Å²) in [5.74, 6) is 0.992. The molecule has 2 aromatic carbocycles. The molecule has 3 aromatic rings. The Bertz CT molecular complexity index is 1090. The summed E-state index contributed by atoms with van der Waals surface area (Å²) in [6.07, 6.45) is 3.93. The molecule has 1 unspecified atom stereocenters. The van der Waals surface area contributed by atoms with E-state index in [-0.39, 0.29) is 5.97 Å². The number of nitrogens with zero attached hydrogens (tertiary/aromatic N) is 3. The van der Waals surface area contributed by atoms with Crippen LogP contribution in [0.25, 0.3) is 6.08 Å². The van der Waals surface area contributed by atoms with Crippen molar-refractivity contribution in [1.82, 2.24) is 14.8 Å². The molecule has 1 aliphatic heterocycles. The van der Waals surface area contributed by atoms with Gasteiger partial charge < -0.3 is 10.1 Å². The highest BCUT2D eigenvalue weighted by molar-refractivity contribution is 7.98. The predicted octanol–water partition coefficient (Wildman–Crippen LogP) is 4.70. The molecule has 0 fully saturated rings. The summed E-state index contributed by atoms with van der Waals surface area (Å²) >= 11 is 1.56. The van der Waals surface area contributed by atoms with Gasteiger partial charge in [0.05, 0.1) is 12.7 Å². The zero-order valence-electron chi connectivity index (χ0n) is 16.8. The molecule has 0 bridgehead atoms. The number of nitrogens with one attached hydrogen (secondary N) is 1. The Hall–Kier alpha value is -3.32. The van der Waals surface area contributed by atoms with Gasteiger partial charge in [-0.2, -0.15) is 4.98 Å². The Morgan fingerprint density at radius 3 is 2.57 bits per heavy atom. The van der Waals surface area contributed by atoms with Crippen LogP contribution < -0.4 is 5.32 Å². The zero-order valence-corrected chi connectivity index (χ0v) is 17.6. The van der Waals surface area contributed by atoms with Crippen LogP contribution in [-0.2, 0) is 15.3 Å². The van der Waals surface area contributed by atoms with Gasteiger partial charge in [-0.05, 0) is 18.1 Å². The van der Waals surface area contributed by atoms with Crippen LogP contribution in [0.5, 0.6) is 0 Å². The molecule has 1 atom stereocenters. The third-order valence-corrected chi connectivity index (χ3v) is 5.67. The van der Waals surface area contributed by atoms with Crippen molar-refractivity contribution >= 4 is 29.8 Å². The molecule has 1 aliphatic rings. The van der Waals surface area contributed by atoms with E-state index in [4.69, 9.17) is 4.74 Å². The molecule has 152 valence electrons. The van der Waals surface area contributed by atoms with Crippen molar-refractivity contribution < 1.29 is 9.53 Å². The minimum absolute atomic E-state index is 0.387. The SMILES string of the molecule is COC(=O)C1=C(C)Nc2nc(SCc3ccccc3)nn2C1/C=C/c1ccccc1. The van der Waals surface area contributed by atoms with Crippen LogP contribution in [0.3, 0.4) is 0 Å². The minimum atomic E-state index is -0.410. The quantitative estimate of drug-likeness (QED) is 0.462. The Morgan fingerprint density at radius 1 is 1.17 bits per heavy atom. The summed E-state index contributed by atoms with van der Waals surface area (Å²) in [6.45, 7) is 1.85. The lowest BCUT2D eigenvalue weighted by Gasteiger charge is -2.25. The van der Waals surface area contributed by atoms with E-state index in [9.17, 15) is 4.79 Å². The molecule has 0 aliphatic carbocycles. The fourth-order valence-electron chi connectivity index (χ4n) is 3.27. The lowest BCUT2D eigenvalue weighted by Crippen LogP contribution is -2.27. The second-order valence-corrected chi connectivity index (χ2v) is 7.75. The molecular formula is C23H22N4O2S. The number of hydrogen-bond donors (Lipinski definition) is 1. The maximum atomic E-state index is 12.5. The first kappa shape index (κ1) is 20.0.